The lowest BCUT2D eigenvalue weighted by molar-refractivity contribution is 0.0687. The number of nitrogens with zero attached hydrogens (tertiary/aromatic N) is 3. The zero-order valence-electron chi connectivity index (χ0n) is 13.8. The van der Waals surface area contributed by atoms with E-state index in [1.807, 2.05) is 11.8 Å². The molecule has 0 radical (unpaired) electrons. The average Bonchev–Trinajstić information content (AvgIpc) is 2.88. The van der Waals surface area contributed by atoms with E-state index in [-0.39, 0.29) is 5.91 Å². The van der Waals surface area contributed by atoms with Gasteiger partial charge in [0.15, 0.2) is 0 Å². The SMILES string of the molecule is Cc1nc(CN2CCCCC2)sc1C(=O)N1CCCC(C)C1. The smallest absolute Gasteiger partial charge is 0.265 e. The highest BCUT2D eigenvalue weighted by atomic mass is 32.1. The van der Waals surface area contributed by atoms with Crippen LogP contribution in [0.25, 0.3) is 0 Å². The number of aromatic nitrogens is 1. The molecule has 1 aromatic heterocycles. The lowest BCUT2D eigenvalue weighted by atomic mass is 10.0. The Hall–Kier alpha value is -0.940. The van der Waals surface area contributed by atoms with Crippen molar-refractivity contribution < 1.29 is 4.79 Å². The fraction of sp³-hybridized carbons (Fsp3) is 0.765. The van der Waals surface area contributed by atoms with Gasteiger partial charge in [-0.05, 0) is 51.6 Å². The first-order valence-corrected chi connectivity index (χ1v) is 9.43. The minimum absolute atomic E-state index is 0.200. The lowest BCUT2D eigenvalue weighted by Gasteiger charge is -2.30. The van der Waals surface area contributed by atoms with Crippen molar-refractivity contribution in [2.45, 2.75) is 52.5 Å². The predicted molar refractivity (Wildman–Crippen MR) is 90.3 cm³/mol. The Bertz CT molecular complexity index is 522. The van der Waals surface area contributed by atoms with E-state index in [9.17, 15) is 4.79 Å². The third kappa shape index (κ3) is 3.69. The summed E-state index contributed by atoms with van der Waals surface area (Å²) in [6, 6.07) is 0. The molecule has 122 valence electrons. The number of amides is 1. The van der Waals surface area contributed by atoms with Crippen LogP contribution in [0.5, 0.6) is 0 Å². The summed E-state index contributed by atoms with van der Waals surface area (Å²) in [7, 11) is 0. The number of thiazole rings is 1. The number of piperidine rings is 2. The average molecular weight is 321 g/mol. The second-order valence-electron chi connectivity index (χ2n) is 6.86. The van der Waals surface area contributed by atoms with Crippen molar-refractivity contribution in [1.82, 2.24) is 14.8 Å². The molecule has 5 heteroatoms. The minimum Gasteiger partial charge on any atom is -0.338 e. The highest BCUT2D eigenvalue weighted by molar-refractivity contribution is 7.13. The van der Waals surface area contributed by atoms with E-state index < -0.39 is 0 Å². The maximum atomic E-state index is 12.8. The van der Waals surface area contributed by atoms with Crippen LogP contribution in [0, 0.1) is 12.8 Å². The van der Waals surface area contributed by atoms with Crippen molar-refractivity contribution in [1.29, 1.82) is 0 Å². The summed E-state index contributed by atoms with van der Waals surface area (Å²) in [6.07, 6.45) is 6.31. The molecule has 1 unspecified atom stereocenters. The molecular weight excluding hydrogens is 294 g/mol. The molecule has 3 heterocycles. The highest BCUT2D eigenvalue weighted by Gasteiger charge is 2.25. The van der Waals surface area contributed by atoms with Crippen molar-refractivity contribution in [2.75, 3.05) is 26.2 Å². The zero-order valence-corrected chi connectivity index (χ0v) is 14.6. The van der Waals surface area contributed by atoms with Crippen LogP contribution < -0.4 is 0 Å². The van der Waals surface area contributed by atoms with Crippen LogP contribution in [0.3, 0.4) is 0 Å². The third-order valence-electron chi connectivity index (χ3n) is 4.79. The normalized spacial score (nSPS) is 23.7. The van der Waals surface area contributed by atoms with E-state index in [4.69, 9.17) is 0 Å². The molecule has 2 saturated heterocycles. The van der Waals surface area contributed by atoms with Gasteiger partial charge in [0.2, 0.25) is 0 Å². The molecule has 3 rings (SSSR count). The molecule has 0 bridgehead atoms. The molecule has 4 nitrogen and oxygen atoms in total. The summed E-state index contributed by atoms with van der Waals surface area (Å²) in [6.45, 7) is 9.28. The highest BCUT2D eigenvalue weighted by Crippen LogP contribution is 2.25. The fourth-order valence-corrected chi connectivity index (χ4v) is 4.62. The summed E-state index contributed by atoms with van der Waals surface area (Å²) < 4.78 is 0. The summed E-state index contributed by atoms with van der Waals surface area (Å²) in [5.41, 5.74) is 0.917. The molecule has 22 heavy (non-hydrogen) atoms. The van der Waals surface area contributed by atoms with E-state index in [1.165, 1.54) is 38.8 Å². The Labute approximate surface area is 137 Å². The van der Waals surface area contributed by atoms with Crippen molar-refractivity contribution >= 4 is 17.2 Å². The molecule has 2 aliphatic heterocycles. The summed E-state index contributed by atoms with van der Waals surface area (Å²) in [4.78, 5) is 22.8. The predicted octanol–water partition coefficient (Wildman–Crippen LogP) is 3.31. The van der Waals surface area contributed by atoms with Crippen LogP contribution in [0.4, 0.5) is 0 Å². The molecule has 2 fully saturated rings. The van der Waals surface area contributed by atoms with Gasteiger partial charge in [-0.1, -0.05) is 13.3 Å². The number of aryl methyl sites for hydroxylation is 1. The van der Waals surface area contributed by atoms with Crippen molar-refractivity contribution in [3.05, 3.63) is 15.6 Å². The largest absolute Gasteiger partial charge is 0.338 e. The van der Waals surface area contributed by atoms with Crippen LogP contribution in [0.1, 0.15) is 59.4 Å². The molecule has 0 spiro atoms. The van der Waals surface area contributed by atoms with Gasteiger partial charge in [0, 0.05) is 13.1 Å². The van der Waals surface area contributed by atoms with Crippen molar-refractivity contribution in [3.63, 3.8) is 0 Å². The molecule has 0 aliphatic carbocycles. The molecule has 0 saturated carbocycles. The minimum atomic E-state index is 0.200. The van der Waals surface area contributed by atoms with Crippen LogP contribution >= 0.6 is 11.3 Å². The van der Waals surface area contributed by atoms with Gasteiger partial charge in [-0.2, -0.15) is 0 Å². The first-order valence-electron chi connectivity index (χ1n) is 8.61. The van der Waals surface area contributed by atoms with E-state index >= 15 is 0 Å². The number of hydrogen-bond acceptors (Lipinski definition) is 4. The number of carbonyl (C=O) groups excluding carboxylic acids is 1. The number of likely N-dealkylation sites (tertiary alicyclic amines) is 2. The van der Waals surface area contributed by atoms with E-state index in [0.717, 1.165) is 41.6 Å². The van der Waals surface area contributed by atoms with Gasteiger partial charge in [-0.15, -0.1) is 11.3 Å². The molecule has 2 aliphatic rings. The van der Waals surface area contributed by atoms with Gasteiger partial charge in [-0.3, -0.25) is 9.69 Å². The van der Waals surface area contributed by atoms with Crippen LogP contribution in [-0.2, 0) is 6.54 Å². The fourth-order valence-electron chi connectivity index (χ4n) is 3.54. The van der Waals surface area contributed by atoms with Crippen LogP contribution in [0.15, 0.2) is 0 Å². The Morgan fingerprint density at radius 2 is 2.00 bits per heavy atom. The monoisotopic (exact) mass is 321 g/mol. The van der Waals surface area contributed by atoms with Crippen LogP contribution in [0.2, 0.25) is 0 Å². The van der Waals surface area contributed by atoms with Gasteiger partial charge in [0.05, 0.1) is 12.2 Å². The van der Waals surface area contributed by atoms with Gasteiger partial charge >= 0.3 is 0 Å². The number of rotatable bonds is 3. The van der Waals surface area contributed by atoms with Gasteiger partial charge in [0.25, 0.3) is 5.91 Å². The third-order valence-corrected chi connectivity index (χ3v) is 5.92. The Kier molecular flexibility index (Phi) is 5.14. The first kappa shape index (κ1) is 15.9. The summed E-state index contributed by atoms with van der Waals surface area (Å²) in [5.74, 6) is 0.824. The first-order chi connectivity index (χ1) is 10.6. The molecule has 1 amide bonds. The van der Waals surface area contributed by atoms with Crippen LogP contribution in [-0.4, -0.2) is 46.9 Å². The molecule has 1 atom stereocenters. The van der Waals surface area contributed by atoms with Gasteiger partial charge in [-0.25, -0.2) is 4.98 Å². The van der Waals surface area contributed by atoms with Gasteiger partial charge < -0.3 is 4.90 Å². The number of carbonyl (C=O) groups is 1. The van der Waals surface area contributed by atoms with E-state index in [1.54, 1.807) is 11.3 Å². The topological polar surface area (TPSA) is 36.4 Å². The quantitative estimate of drug-likeness (QED) is 0.857. The Morgan fingerprint density at radius 3 is 2.73 bits per heavy atom. The Balaban J connectivity index is 1.67. The van der Waals surface area contributed by atoms with Crippen molar-refractivity contribution in [3.8, 4) is 0 Å². The second-order valence-corrected chi connectivity index (χ2v) is 7.94. The molecule has 0 aromatic carbocycles. The lowest BCUT2D eigenvalue weighted by Crippen LogP contribution is -2.39. The Morgan fingerprint density at radius 1 is 1.23 bits per heavy atom. The van der Waals surface area contributed by atoms with Crippen molar-refractivity contribution in [2.24, 2.45) is 5.92 Å². The standard InChI is InChI=1S/C17H27N3OS/c1-13-7-6-10-20(11-13)17(21)16-14(2)18-15(22-16)12-19-8-4-3-5-9-19/h13H,3-12H2,1-2H3. The zero-order chi connectivity index (χ0) is 15.5. The maximum Gasteiger partial charge on any atom is 0.265 e. The maximum absolute atomic E-state index is 12.8. The van der Waals surface area contributed by atoms with E-state index in [0.29, 0.717) is 5.92 Å². The number of hydrogen-bond donors (Lipinski definition) is 0. The summed E-state index contributed by atoms with van der Waals surface area (Å²) in [5, 5.41) is 1.10. The molecular formula is C17H27N3OS. The summed E-state index contributed by atoms with van der Waals surface area (Å²) >= 11 is 1.61. The van der Waals surface area contributed by atoms with E-state index in [2.05, 4.69) is 16.8 Å². The second kappa shape index (κ2) is 7.09. The van der Waals surface area contributed by atoms with Gasteiger partial charge in [0.1, 0.15) is 9.88 Å². The molecule has 0 N–H and O–H groups in total. The molecule has 1 aromatic rings.